The molecular formula is C16H16N6O3S. The Hall–Kier alpha value is -3.27. The highest BCUT2D eigenvalue weighted by atomic mass is 32.1. The fourth-order valence-electron chi connectivity index (χ4n) is 2.19. The van der Waals surface area contributed by atoms with E-state index in [4.69, 9.17) is 0 Å². The van der Waals surface area contributed by atoms with Crippen LogP contribution in [0.25, 0.3) is 5.00 Å². The Morgan fingerprint density at radius 1 is 1.15 bits per heavy atom. The van der Waals surface area contributed by atoms with Gasteiger partial charge in [-0.2, -0.15) is 9.36 Å². The van der Waals surface area contributed by atoms with Crippen LogP contribution in [-0.4, -0.2) is 50.6 Å². The van der Waals surface area contributed by atoms with Crippen LogP contribution in [0.1, 0.15) is 10.4 Å². The van der Waals surface area contributed by atoms with Crippen LogP contribution < -0.4 is 11.0 Å². The van der Waals surface area contributed by atoms with Gasteiger partial charge in [0.1, 0.15) is 11.5 Å². The molecule has 2 heterocycles. The van der Waals surface area contributed by atoms with Crippen molar-refractivity contribution in [3.05, 3.63) is 57.8 Å². The number of rotatable bonds is 5. The summed E-state index contributed by atoms with van der Waals surface area (Å²) >= 11 is 1.35. The van der Waals surface area contributed by atoms with Gasteiger partial charge in [0.2, 0.25) is 5.91 Å². The van der Waals surface area contributed by atoms with Crippen LogP contribution in [-0.2, 0) is 11.3 Å². The third-order valence-electron chi connectivity index (χ3n) is 3.47. The van der Waals surface area contributed by atoms with Crippen LogP contribution in [0, 0.1) is 0 Å². The first kappa shape index (κ1) is 17.5. The zero-order chi connectivity index (χ0) is 18.7. The summed E-state index contributed by atoms with van der Waals surface area (Å²) in [5.41, 5.74) is 0.543. The van der Waals surface area contributed by atoms with Crippen molar-refractivity contribution in [2.75, 3.05) is 19.4 Å². The molecule has 1 aromatic carbocycles. The molecule has 0 spiro atoms. The molecular weight excluding hydrogens is 356 g/mol. The van der Waals surface area contributed by atoms with Crippen LogP contribution in [0.3, 0.4) is 0 Å². The highest BCUT2D eigenvalue weighted by Gasteiger charge is 2.13. The number of carbonyl (C=O) groups excluding carboxylic acids is 2. The molecule has 2 amide bonds. The number of nitrogens with zero attached hydrogens (tertiary/aromatic N) is 5. The first-order valence-electron chi connectivity index (χ1n) is 7.64. The van der Waals surface area contributed by atoms with E-state index in [9.17, 15) is 14.4 Å². The van der Waals surface area contributed by atoms with E-state index < -0.39 is 11.6 Å². The van der Waals surface area contributed by atoms with Gasteiger partial charge in [-0.3, -0.25) is 9.59 Å². The number of nitrogens with one attached hydrogen (secondary N) is 1. The van der Waals surface area contributed by atoms with E-state index in [1.54, 1.807) is 50.5 Å². The molecule has 0 aliphatic carbocycles. The van der Waals surface area contributed by atoms with E-state index in [1.165, 1.54) is 16.2 Å². The summed E-state index contributed by atoms with van der Waals surface area (Å²) in [4.78, 5) is 37.7. The largest absolute Gasteiger partial charge is 0.369 e. The van der Waals surface area contributed by atoms with Gasteiger partial charge in [-0.05, 0) is 52.2 Å². The number of hydrogen-bond acceptors (Lipinski definition) is 6. The lowest BCUT2D eigenvalue weighted by molar-refractivity contribution is -0.117. The number of amides is 2. The average molecular weight is 372 g/mol. The van der Waals surface area contributed by atoms with Crippen LogP contribution >= 0.6 is 11.3 Å². The Morgan fingerprint density at radius 3 is 2.50 bits per heavy atom. The van der Waals surface area contributed by atoms with Gasteiger partial charge in [-0.25, -0.2) is 4.79 Å². The predicted molar refractivity (Wildman–Crippen MR) is 96.6 cm³/mol. The van der Waals surface area contributed by atoms with Gasteiger partial charge >= 0.3 is 5.69 Å². The van der Waals surface area contributed by atoms with E-state index in [1.807, 2.05) is 5.38 Å². The van der Waals surface area contributed by atoms with Crippen LogP contribution in [0.2, 0.25) is 0 Å². The standard InChI is InChI=1S/C16H16N6O3S/c1-20(2)15(24)11-5-7-12(8-6-11)17-13(23)10-21-16(25)22(19-18-21)14-4-3-9-26-14/h3-9H,10H2,1-2H3,(H,17,23). The lowest BCUT2D eigenvalue weighted by atomic mass is 10.2. The number of carbonyl (C=O) groups is 2. The Bertz CT molecular complexity index is 972. The maximum atomic E-state index is 12.2. The van der Waals surface area contributed by atoms with Crippen molar-refractivity contribution in [1.82, 2.24) is 24.7 Å². The summed E-state index contributed by atoms with van der Waals surface area (Å²) in [6, 6.07) is 10.0. The summed E-state index contributed by atoms with van der Waals surface area (Å²) in [7, 11) is 3.33. The molecule has 3 aromatic rings. The zero-order valence-corrected chi connectivity index (χ0v) is 14.9. The maximum absolute atomic E-state index is 12.2. The van der Waals surface area contributed by atoms with Gasteiger partial charge in [0.15, 0.2) is 0 Å². The third-order valence-corrected chi connectivity index (χ3v) is 4.31. The second kappa shape index (κ2) is 7.31. The second-order valence-electron chi connectivity index (χ2n) is 5.61. The minimum atomic E-state index is -0.491. The molecule has 9 nitrogen and oxygen atoms in total. The fourth-order valence-corrected chi connectivity index (χ4v) is 2.86. The van der Waals surface area contributed by atoms with Gasteiger partial charge < -0.3 is 10.2 Å². The maximum Gasteiger partial charge on any atom is 0.369 e. The van der Waals surface area contributed by atoms with Gasteiger partial charge in [0.05, 0.1) is 0 Å². The minimum absolute atomic E-state index is 0.125. The Kier molecular flexibility index (Phi) is 4.94. The molecule has 0 atom stereocenters. The second-order valence-corrected chi connectivity index (χ2v) is 6.53. The average Bonchev–Trinajstić information content (AvgIpc) is 3.25. The quantitative estimate of drug-likeness (QED) is 0.715. The molecule has 0 saturated heterocycles. The predicted octanol–water partition coefficient (Wildman–Crippen LogP) is 0.831. The molecule has 0 unspecified atom stereocenters. The summed E-state index contributed by atoms with van der Waals surface area (Å²) in [5.74, 6) is -0.545. The summed E-state index contributed by atoms with van der Waals surface area (Å²) < 4.78 is 2.12. The van der Waals surface area contributed by atoms with Crippen LogP contribution in [0.15, 0.2) is 46.6 Å². The first-order chi connectivity index (χ1) is 12.5. The van der Waals surface area contributed by atoms with Gasteiger partial charge in [0, 0.05) is 25.3 Å². The molecule has 134 valence electrons. The van der Waals surface area contributed by atoms with Crippen molar-refractivity contribution in [3.63, 3.8) is 0 Å². The fraction of sp³-hybridized carbons (Fsp3) is 0.188. The molecule has 3 rings (SSSR count). The van der Waals surface area contributed by atoms with Crippen molar-refractivity contribution in [1.29, 1.82) is 0 Å². The number of thiophene rings is 1. The smallest absolute Gasteiger partial charge is 0.345 e. The van der Waals surface area contributed by atoms with Crippen LogP contribution in [0.4, 0.5) is 5.69 Å². The molecule has 0 aliphatic heterocycles. The Labute approximate surface area is 152 Å². The van der Waals surface area contributed by atoms with Gasteiger partial charge in [-0.15, -0.1) is 11.3 Å². The SMILES string of the molecule is CN(C)C(=O)c1ccc(NC(=O)Cn2nnn(-c3cccs3)c2=O)cc1. The van der Waals surface area contributed by atoms with Crippen molar-refractivity contribution in [2.24, 2.45) is 0 Å². The Morgan fingerprint density at radius 2 is 1.88 bits per heavy atom. The van der Waals surface area contributed by atoms with E-state index >= 15 is 0 Å². The van der Waals surface area contributed by atoms with E-state index in [2.05, 4.69) is 15.7 Å². The molecule has 0 fully saturated rings. The van der Waals surface area contributed by atoms with Crippen LogP contribution in [0.5, 0.6) is 0 Å². The monoisotopic (exact) mass is 372 g/mol. The van der Waals surface area contributed by atoms with Crippen molar-refractivity contribution < 1.29 is 9.59 Å². The minimum Gasteiger partial charge on any atom is -0.345 e. The van der Waals surface area contributed by atoms with Crippen molar-refractivity contribution in [2.45, 2.75) is 6.54 Å². The molecule has 26 heavy (non-hydrogen) atoms. The summed E-state index contributed by atoms with van der Waals surface area (Å²) in [6.07, 6.45) is 0. The number of aromatic nitrogens is 4. The molecule has 0 aliphatic rings. The normalized spacial score (nSPS) is 10.5. The Balaban J connectivity index is 1.66. The number of anilines is 1. The lowest BCUT2D eigenvalue weighted by Gasteiger charge is -2.10. The van der Waals surface area contributed by atoms with Crippen molar-refractivity contribution in [3.8, 4) is 5.00 Å². The van der Waals surface area contributed by atoms with E-state index in [0.29, 0.717) is 16.3 Å². The topological polar surface area (TPSA) is 102 Å². The van der Waals surface area contributed by atoms with Gasteiger partial charge in [0.25, 0.3) is 5.91 Å². The van der Waals surface area contributed by atoms with E-state index in [0.717, 1.165) is 9.36 Å². The number of hydrogen-bond donors (Lipinski definition) is 1. The molecule has 2 aromatic heterocycles. The van der Waals surface area contributed by atoms with Crippen molar-refractivity contribution >= 4 is 28.8 Å². The zero-order valence-electron chi connectivity index (χ0n) is 14.1. The highest BCUT2D eigenvalue weighted by molar-refractivity contribution is 7.12. The first-order valence-corrected chi connectivity index (χ1v) is 8.52. The third kappa shape index (κ3) is 3.70. The van der Waals surface area contributed by atoms with Gasteiger partial charge in [-0.1, -0.05) is 0 Å². The summed E-state index contributed by atoms with van der Waals surface area (Å²) in [5, 5.41) is 12.6. The molecule has 0 bridgehead atoms. The number of benzene rings is 1. The molecule has 0 saturated carbocycles. The lowest BCUT2D eigenvalue weighted by Crippen LogP contribution is -2.29. The molecule has 0 radical (unpaired) electrons. The molecule has 10 heteroatoms. The summed E-state index contributed by atoms with van der Waals surface area (Å²) in [6.45, 7) is -0.261. The van der Waals surface area contributed by atoms with E-state index in [-0.39, 0.29) is 12.5 Å². The molecule has 1 N–H and O–H groups in total. The number of tetrazole rings is 1. The highest BCUT2D eigenvalue weighted by Crippen LogP contribution is 2.12.